The summed E-state index contributed by atoms with van der Waals surface area (Å²) in [6.07, 6.45) is 6.54. The first-order chi connectivity index (χ1) is 6.22. The van der Waals surface area contributed by atoms with Crippen LogP contribution >= 0.6 is 0 Å². The molecule has 1 saturated carbocycles. The lowest BCUT2D eigenvalue weighted by Gasteiger charge is -2.26. The Morgan fingerprint density at radius 3 is 2.46 bits per heavy atom. The van der Waals surface area contributed by atoms with Crippen LogP contribution in [-0.4, -0.2) is 11.9 Å². The third-order valence-corrected chi connectivity index (χ3v) is 2.86. The summed E-state index contributed by atoms with van der Waals surface area (Å²) in [5, 5.41) is 3.10. The van der Waals surface area contributed by atoms with Gasteiger partial charge in [0.05, 0.1) is 0 Å². The Labute approximate surface area is 81.1 Å². The molecule has 0 aromatic rings. The fourth-order valence-electron chi connectivity index (χ4n) is 1.93. The van der Waals surface area contributed by atoms with Gasteiger partial charge in [0, 0.05) is 12.5 Å². The first-order valence-corrected chi connectivity index (χ1v) is 5.51. The van der Waals surface area contributed by atoms with E-state index in [9.17, 15) is 4.79 Å². The van der Waals surface area contributed by atoms with E-state index >= 15 is 0 Å². The lowest BCUT2D eigenvalue weighted by atomic mass is 9.87. The van der Waals surface area contributed by atoms with Gasteiger partial charge in [-0.2, -0.15) is 0 Å². The Bertz CT molecular complexity index is 159. The second-order valence-electron chi connectivity index (χ2n) is 4.27. The summed E-state index contributed by atoms with van der Waals surface area (Å²) in [5.74, 6) is 1.10. The molecule has 0 heterocycles. The molecular formula is C11H21NO. The molecule has 1 fully saturated rings. The fourth-order valence-corrected chi connectivity index (χ4v) is 1.93. The molecule has 0 aromatic carbocycles. The van der Waals surface area contributed by atoms with Crippen LogP contribution in [-0.2, 0) is 4.79 Å². The van der Waals surface area contributed by atoms with Gasteiger partial charge in [-0.25, -0.2) is 0 Å². The predicted molar refractivity (Wildman–Crippen MR) is 54.5 cm³/mol. The van der Waals surface area contributed by atoms with Gasteiger partial charge in [-0.05, 0) is 38.0 Å². The normalized spacial score (nSPS) is 28.5. The number of hydrogen-bond donors (Lipinski definition) is 1. The van der Waals surface area contributed by atoms with Crippen molar-refractivity contribution in [2.75, 3.05) is 0 Å². The van der Waals surface area contributed by atoms with Crippen molar-refractivity contribution in [2.45, 2.75) is 58.4 Å². The molecule has 0 aromatic heterocycles. The summed E-state index contributed by atoms with van der Waals surface area (Å²) in [7, 11) is 0. The van der Waals surface area contributed by atoms with Crippen LogP contribution in [0.2, 0.25) is 0 Å². The van der Waals surface area contributed by atoms with Crippen LogP contribution in [0.15, 0.2) is 0 Å². The topological polar surface area (TPSA) is 29.1 Å². The maximum Gasteiger partial charge on any atom is 0.220 e. The van der Waals surface area contributed by atoms with Crippen molar-refractivity contribution in [3.05, 3.63) is 0 Å². The van der Waals surface area contributed by atoms with Crippen LogP contribution in [0.25, 0.3) is 0 Å². The third kappa shape index (κ3) is 3.79. The highest BCUT2D eigenvalue weighted by Gasteiger charge is 2.18. The van der Waals surface area contributed by atoms with E-state index in [1.807, 2.05) is 6.92 Å². The highest BCUT2D eigenvalue weighted by Crippen LogP contribution is 2.23. The number of carbonyl (C=O) groups is 1. The lowest BCUT2D eigenvalue weighted by Crippen LogP contribution is -2.37. The second kappa shape index (κ2) is 5.25. The van der Waals surface area contributed by atoms with Gasteiger partial charge in [0.15, 0.2) is 0 Å². The van der Waals surface area contributed by atoms with E-state index in [1.165, 1.54) is 25.7 Å². The van der Waals surface area contributed by atoms with Gasteiger partial charge >= 0.3 is 0 Å². The van der Waals surface area contributed by atoms with Crippen molar-refractivity contribution < 1.29 is 4.79 Å². The minimum atomic E-state index is 0.238. The molecule has 76 valence electrons. The molecule has 0 bridgehead atoms. The molecule has 0 spiro atoms. The smallest absolute Gasteiger partial charge is 0.220 e. The molecule has 2 heteroatoms. The number of nitrogens with one attached hydrogen (secondary N) is 1. The van der Waals surface area contributed by atoms with E-state index in [1.54, 1.807) is 0 Å². The molecule has 0 saturated heterocycles. The minimum Gasteiger partial charge on any atom is -0.353 e. The molecule has 1 aliphatic rings. The first-order valence-electron chi connectivity index (χ1n) is 5.51. The fraction of sp³-hybridized carbons (Fsp3) is 0.909. The van der Waals surface area contributed by atoms with Crippen LogP contribution in [0, 0.1) is 5.92 Å². The van der Waals surface area contributed by atoms with E-state index in [-0.39, 0.29) is 5.91 Å². The van der Waals surface area contributed by atoms with E-state index in [4.69, 9.17) is 0 Å². The maximum absolute atomic E-state index is 11.3. The molecule has 0 radical (unpaired) electrons. The van der Waals surface area contributed by atoms with Crippen molar-refractivity contribution in [2.24, 2.45) is 5.92 Å². The molecule has 2 nitrogen and oxygen atoms in total. The van der Waals surface area contributed by atoms with Crippen molar-refractivity contribution >= 4 is 5.91 Å². The standard InChI is InChI=1S/C11H21NO/c1-3-4-11(13)12-10-7-5-9(2)6-8-10/h9-10H,3-8H2,1-2H3,(H,12,13). The van der Waals surface area contributed by atoms with Gasteiger partial charge < -0.3 is 5.32 Å². The highest BCUT2D eigenvalue weighted by atomic mass is 16.1. The van der Waals surface area contributed by atoms with Gasteiger partial charge in [0.25, 0.3) is 0 Å². The number of carbonyl (C=O) groups excluding carboxylic acids is 1. The zero-order valence-corrected chi connectivity index (χ0v) is 8.81. The third-order valence-electron chi connectivity index (χ3n) is 2.86. The van der Waals surface area contributed by atoms with E-state index < -0.39 is 0 Å². The Hall–Kier alpha value is -0.530. The summed E-state index contributed by atoms with van der Waals surface area (Å²) in [4.78, 5) is 11.3. The zero-order valence-electron chi connectivity index (χ0n) is 8.81. The average molecular weight is 183 g/mol. The van der Waals surface area contributed by atoms with Gasteiger partial charge in [-0.1, -0.05) is 13.8 Å². The average Bonchev–Trinajstić information content (AvgIpc) is 2.09. The molecule has 0 aliphatic heterocycles. The Kier molecular flexibility index (Phi) is 4.26. The summed E-state index contributed by atoms with van der Waals surface area (Å²) in [6, 6.07) is 0.468. The number of hydrogen-bond acceptors (Lipinski definition) is 1. The van der Waals surface area contributed by atoms with Crippen molar-refractivity contribution in [1.29, 1.82) is 0 Å². The Morgan fingerprint density at radius 2 is 1.92 bits per heavy atom. The second-order valence-corrected chi connectivity index (χ2v) is 4.27. The van der Waals surface area contributed by atoms with E-state index in [0.29, 0.717) is 12.5 Å². The van der Waals surface area contributed by atoms with Gasteiger partial charge in [0.2, 0.25) is 5.91 Å². The van der Waals surface area contributed by atoms with Gasteiger partial charge in [-0.3, -0.25) is 4.79 Å². The first kappa shape index (κ1) is 10.6. The molecule has 1 rings (SSSR count). The number of rotatable bonds is 3. The molecule has 13 heavy (non-hydrogen) atoms. The quantitative estimate of drug-likeness (QED) is 0.715. The van der Waals surface area contributed by atoms with Gasteiger partial charge in [0.1, 0.15) is 0 Å². The predicted octanol–water partition coefficient (Wildman–Crippen LogP) is 2.48. The van der Waals surface area contributed by atoms with Gasteiger partial charge in [-0.15, -0.1) is 0 Å². The van der Waals surface area contributed by atoms with Crippen molar-refractivity contribution in [1.82, 2.24) is 5.32 Å². The molecule has 1 aliphatic carbocycles. The van der Waals surface area contributed by atoms with Crippen LogP contribution in [0.1, 0.15) is 52.4 Å². The zero-order chi connectivity index (χ0) is 9.68. The summed E-state index contributed by atoms with van der Waals surface area (Å²) in [5.41, 5.74) is 0. The molecule has 0 unspecified atom stereocenters. The Morgan fingerprint density at radius 1 is 1.31 bits per heavy atom. The lowest BCUT2D eigenvalue weighted by molar-refractivity contribution is -0.122. The number of amides is 1. The SMILES string of the molecule is CCCC(=O)NC1CCC(C)CC1. The molecule has 0 atom stereocenters. The molecule has 1 N–H and O–H groups in total. The van der Waals surface area contributed by atoms with Crippen LogP contribution < -0.4 is 5.32 Å². The summed E-state index contributed by atoms with van der Waals surface area (Å²) < 4.78 is 0. The molecule has 1 amide bonds. The van der Waals surface area contributed by atoms with Crippen LogP contribution in [0.5, 0.6) is 0 Å². The minimum absolute atomic E-state index is 0.238. The van der Waals surface area contributed by atoms with Crippen LogP contribution in [0.3, 0.4) is 0 Å². The van der Waals surface area contributed by atoms with Crippen LogP contribution in [0.4, 0.5) is 0 Å². The molecular weight excluding hydrogens is 162 g/mol. The Balaban J connectivity index is 2.18. The van der Waals surface area contributed by atoms with E-state index in [0.717, 1.165) is 12.3 Å². The van der Waals surface area contributed by atoms with Crippen molar-refractivity contribution in [3.63, 3.8) is 0 Å². The van der Waals surface area contributed by atoms with E-state index in [2.05, 4.69) is 12.2 Å². The monoisotopic (exact) mass is 183 g/mol. The largest absolute Gasteiger partial charge is 0.353 e. The summed E-state index contributed by atoms with van der Waals surface area (Å²) >= 11 is 0. The highest BCUT2D eigenvalue weighted by molar-refractivity contribution is 5.76. The van der Waals surface area contributed by atoms with Crippen molar-refractivity contribution in [3.8, 4) is 0 Å². The summed E-state index contributed by atoms with van der Waals surface area (Å²) in [6.45, 7) is 4.34. The maximum atomic E-state index is 11.3.